The lowest BCUT2D eigenvalue weighted by atomic mass is 10.0. The van der Waals surface area contributed by atoms with Gasteiger partial charge in [0, 0.05) is 36.1 Å². The number of H-pyrrole nitrogens is 1. The molecule has 47 heavy (non-hydrogen) atoms. The maximum absolute atomic E-state index is 13.8. The van der Waals surface area contributed by atoms with E-state index in [0.29, 0.717) is 32.2 Å². The first-order chi connectivity index (χ1) is 22.6. The van der Waals surface area contributed by atoms with E-state index in [4.69, 9.17) is 4.74 Å². The lowest BCUT2D eigenvalue weighted by Gasteiger charge is -2.26. The molecule has 0 radical (unpaired) electrons. The summed E-state index contributed by atoms with van der Waals surface area (Å²) in [4.78, 5) is 68.5. The summed E-state index contributed by atoms with van der Waals surface area (Å²) in [7, 11) is 1.24. The maximum Gasteiger partial charge on any atom is 0.328 e. The van der Waals surface area contributed by atoms with Gasteiger partial charge in [0.05, 0.1) is 13.2 Å². The topological polar surface area (TPSA) is 171 Å². The third kappa shape index (κ3) is 10.2. The minimum Gasteiger partial charge on any atom is -0.467 e. The van der Waals surface area contributed by atoms with Crippen LogP contribution in [0.2, 0.25) is 0 Å². The van der Waals surface area contributed by atoms with Crippen LogP contribution in [0.3, 0.4) is 0 Å². The molecule has 6 N–H and O–H groups in total. The molecule has 12 heteroatoms. The van der Waals surface area contributed by atoms with Gasteiger partial charge in [0.2, 0.25) is 17.7 Å². The summed E-state index contributed by atoms with van der Waals surface area (Å²) < 4.78 is 4.83. The van der Waals surface area contributed by atoms with Crippen molar-refractivity contribution in [1.82, 2.24) is 31.6 Å². The molecule has 0 unspecified atom stereocenters. The predicted molar refractivity (Wildman–Crippen MR) is 178 cm³/mol. The van der Waals surface area contributed by atoms with Crippen LogP contribution in [0.5, 0.6) is 0 Å². The first-order valence-electron chi connectivity index (χ1n) is 15.9. The minimum atomic E-state index is -1.06. The Kier molecular flexibility index (Phi) is 12.5. The van der Waals surface area contributed by atoms with Gasteiger partial charge in [0.25, 0.3) is 0 Å². The van der Waals surface area contributed by atoms with Gasteiger partial charge in [-0.2, -0.15) is 0 Å². The first kappa shape index (κ1) is 34.7. The number of para-hydroxylation sites is 1. The van der Waals surface area contributed by atoms with Gasteiger partial charge in [-0.1, -0.05) is 68.5 Å². The van der Waals surface area contributed by atoms with Crippen molar-refractivity contribution >= 4 is 40.6 Å². The number of hydrogen-bond acceptors (Lipinski definition) is 6. The molecule has 5 amide bonds. The van der Waals surface area contributed by atoms with Gasteiger partial charge in [0.1, 0.15) is 18.1 Å². The summed E-state index contributed by atoms with van der Waals surface area (Å²) in [5.74, 6) is -2.05. The number of carbonyl (C=O) groups excluding carboxylic acids is 5. The number of ether oxygens (including phenoxy) is 1. The molecule has 1 aliphatic heterocycles. The van der Waals surface area contributed by atoms with E-state index in [1.54, 1.807) is 19.9 Å². The fourth-order valence-electron chi connectivity index (χ4n) is 5.50. The van der Waals surface area contributed by atoms with E-state index < -0.39 is 48.0 Å². The SMILES string of the molecule is COC(=O)[C@@H](NC(=O)N[C@@H](Cc1ccccc1)C(=O)N[C@H]1CCCCNC(=O)/C=C/[C@H](Cc2c[nH]c3ccccc23)NC1=O)C(C)C. The van der Waals surface area contributed by atoms with Gasteiger partial charge >= 0.3 is 12.0 Å². The highest BCUT2D eigenvalue weighted by Crippen LogP contribution is 2.20. The number of urea groups is 1. The lowest BCUT2D eigenvalue weighted by Crippen LogP contribution is -2.58. The Balaban J connectivity index is 1.53. The van der Waals surface area contributed by atoms with E-state index in [9.17, 15) is 24.0 Å². The van der Waals surface area contributed by atoms with E-state index >= 15 is 0 Å². The molecule has 0 saturated heterocycles. The zero-order valence-corrected chi connectivity index (χ0v) is 27.0. The molecule has 4 rings (SSSR count). The monoisotopic (exact) mass is 644 g/mol. The highest BCUT2D eigenvalue weighted by Gasteiger charge is 2.30. The van der Waals surface area contributed by atoms with Crippen molar-refractivity contribution in [2.75, 3.05) is 13.7 Å². The summed E-state index contributed by atoms with van der Waals surface area (Å²) in [5.41, 5.74) is 2.72. The summed E-state index contributed by atoms with van der Waals surface area (Å²) in [6.45, 7) is 3.96. The van der Waals surface area contributed by atoms with Crippen molar-refractivity contribution < 1.29 is 28.7 Å². The summed E-state index contributed by atoms with van der Waals surface area (Å²) >= 11 is 0. The number of fused-ring (bicyclic) bond motifs is 1. The molecule has 0 aliphatic carbocycles. The Bertz CT molecular complexity index is 1570. The number of aromatic amines is 1. The van der Waals surface area contributed by atoms with Crippen LogP contribution >= 0.6 is 0 Å². The van der Waals surface area contributed by atoms with E-state index in [1.807, 2.05) is 60.8 Å². The van der Waals surface area contributed by atoms with Crippen molar-refractivity contribution in [3.05, 3.63) is 84.1 Å². The molecule has 1 aliphatic rings. The van der Waals surface area contributed by atoms with Crippen molar-refractivity contribution in [1.29, 1.82) is 0 Å². The number of carbonyl (C=O) groups is 5. The second-order valence-corrected chi connectivity index (χ2v) is 12.0. The van der Waals surface area contributed by atoms with Crippen LogP contribution in [0.15, 0.2) is 72.9 Å². The first-order valence-corrected chi connectivity index (χ1v) is 15.9. The van der Waals surface area contributed by atoms with E-state index in [-0.39, 0.29) is 18.2 Å². The van der Waals surface area contributed by atoms with E-state index in [1.165, 1.54) is 13.2 Å². The van der Waals surface area contributed by atoms with Gasteiger partial charge in [0.15, 0.2) is 0 Å². The number of nitrogens with one attached hydrogen (secondary N) is 6. The molecule has 12 nitrogen and oxygen atoms in total. The largest absolute Gasteiger partial charge is 0.467 e. The molecular weight excluding hydrogens is 600 g/mol. The number of esters is 1. The number of benzene rings is 2. The Morgan fingerprint density at radius 3 is 2.47 bits per heavy atom. The van der Waals surface area contributed by atoms with E-state index in [0.717, 1.165) is 22.0 Å². The molecule has 0 fully saturated rings. The molecule has 3 aromatic rings. The molecule has 2 heterocycles. The zero-order chi connectivity index (χ0) is 33.8. The van der Waals surface area contributed by atoms with Gasteiger partial charge in [-0.25, -0.2) is 9.59 Å². The van der Waals surface area contributed by atoms with Crippen LogP contribution in [0.4, 0.5) is 4.79 Å². The molecule has 4 atom stereocenters. The number of aromatic nitrogens is 1. The number of hydrogen-bond donors (Lipinski definition) is 6. The predicted octanol–water partition coefficient (Wildman–Crippen LogP) is 2.64. The second-order valence-electron chi connectivity index (χ2n) is 12.0. The van der Waals surface area contributed by atoms with Gasteiger partial charge < -0.3 is 36.3 Å². The number of rotatable bonds is 10. The van der Waals surface area contributed by atoms with Crippen LogP contribution in [-0.4, -0.2) is 72.5 Å². The average Bonchev–Trinajstić information content (AvgIpc) is 3.47. The Labute approximate surface area is 274 Å². The Morgan fingerprint density at radius 1 is 0.979 bits per heavy atom. The van der Waals surface area contributed by atoms with Crippen molar-refractivity contribution in [2.45, 2.75) is 70.1 Å². The highest BCUT2D eigenvalue weighted by atomic mass is 16.5. The summed E-state index contributed by atoms with van der Waals surface area (Å²) in [5, 5.41) is 15.1. The van der Waals surface area contributed by atoms with Gasteiger partial charge in [-0.3, -0.25) is 14.4 Å². The van der Waals surface area contributed by atoms with Crippen LogP contribution in [0.1, 0.15) is 44.2 Å². The molecule has 250 valence electrons. The van der Waals surface area contributed by atoms with Crippen molar-refractivity contribution in [2.24, 2.45) is 5.92 Å². The van der Waals surface area contributed by atoms with Crippen LogP contribution in [-0.2, 0) is 36.8 Å². The Morgan fingerprint density at radius 2 is 1.72 bits per heavy atom. The fourth-order valence-corrected chi connectivity index (χ4v) is 5.50. The summed E-state index contributed by atoms with van der Waals surface area (Å²) in [6, 6.07) is 12.9. The van der Waals surface area contributed by atoms with Crippen LogP contribution in [0.25, 0.3) is 10.9 Å². The fraction of sp³-hybridized carbons (Fsp3) is 0.400. The maximum atomic E-state index is 13.8. The molecule has 0 bridgehead atoms. The molecule has 1 aromatic heterocycles. The Hall–Kier alpha value is -5.13. The summed E-state index contributed by atoms with van der Waals surface area (Å²) in [6.07, 6.45) is 7.01. The van der Waals surface area contributed by atoms with Gasteiger partial charge in [-0.05, 0) is 48.8 Å². The van der Waals surface area contributed by atoms with Gasteiger partial charge in [-0.15, -0.1) is 0 Å². The molecule has 0 spiro atoms. The standard InChI is InChI=1S/C35H44N6O6/c1-22(2)31(34(45)47-3)41-35(46)40-29(19-23-11-5-4-6-12-23)33(44)39-28-15-9-10-18-36-30(42)17-16-25(38-32(28)43)20-24-21-37-27-14-8-7-13-26(24)27/h4-8,11-14,16-17,21-22,25,28-29,31,37H,9-10,15,18-20H2,1-3H3,(H,36,42)(H,38,43)(H,39,44)(H2,40,41,46)/b17-16+/t25-,28+,29+,31+/m1/s1. The van der Waals surface area contributed by atoms with E-state index in [2.05, 4.69) is 31.6 Å². The quantitative estimate of drug-likeness (QED) is 0.185. The number of methoxy groups -OCH3 is 1. The molecule has 0 saturated carbocycles. The second kappa shape index (κ2) is 17.0. The average molecular weight is 645 g/mol. The molecular formula is C35H44N6O6. The third-order valence-electron chi connectivity index (χ3n) is 8.09. The smallest absolute Gasteiger partial charge is 0.328 e. The zero-order valence-electron chi connectivity index (χ0n) is 27.0. The lowest BCUT2D eigenvalue weighted by molar-refractivity contribution is -0.144. The minimum absolute atomic E-state index is 0.150. The third-order valence-corrected chi connectivity index (χ3v) is 8.09. The number of amides is 5. The van der Waals surface area contributed by atoms with Crippen LogP contribution < -0.4 is 26.6 Å². The normalized spacial score (nSPS) is 19.2. The van der Waals surface area contributed by atoms with Crippen molar-refractivity contribution in [3.63, 3.8) is 0 Å². The highest BCUT2D eigenvalue weighted by molar-refractivity contribution is 5.93. The molecule has 2 aromatic carbocycles. The van der Waals surface area contributed by atoms with Crippen molar-refractivity contribution in [3.8, 4) is 0 Å². The van der Waals surface area contributed by atoms with Crippen LogP contribution in [0, 0.1) is 5.92 Å².